The van der Waals surface area contributed by atoms with E-state index in [9.17, 15) is 19.6 Å². The number of halogens is 1. The van der Waals surface area contributed by atoms with Gasteiger partial charge in [0.2, 0.25) is 5.91 Å². The Morgan fingerprint density at radius 3 is 2.58 bits per heavy atom. The first-order valence-corrected chi connectivity index (χ1v) is 9.17. The Labute approximate surface area is 154 Å². The van der Waals surface area contributed by atoms with E-state index < -0.39 is 17.5 Å². The normalized spacial score (nSPS) is 25.2. The zero-order chi connectivity index (χ0) is 18.3. The number of benzene rings is 2. The van der Waals surface area contributed by atoms with Crippen molar-refractivity contribution >= 4 is 17.7 Å². The van der Waals surface area contributed by atoms with E-state index in [1.165, 1.54) is 22.7 Å². The van der Waals surface area contributed by atoms with Crippen LogP contribution in [0.3, 0.4) is 0 Å². The number of thioether (sulfide) groups is 1. The number of amides is 1. The molecule has 1 saturated heterocycles. The van der Waals surface area contributed by atoms with Crippen LogP contribution in [0.2, 0.25) is 0 Å². The van der Waals surface area contributed by atoms with Crippen molar-refractivity contribution in [2.45, 2.75) is 18.1 Å². The maximum atomic E-state index is 14.3. The van der Waals surface area contributed by atoms with E-state index in [1.54, 1.807) is 42.5 Å². The molecule has 0 aliphatic carbocycles. The number of carbonyl (C=O) groups excluding carboxylic acids is 1. The second kappa shape index (κ2) is 6.27. The smallest absolute Gasteiger partial charge is 0.231 e. The minimum atomic E-state index is -1.50. The van der Waals surface area contributed by atoms with Crippen LogP contribution in [0.25, 0.3) is 0 Å². The second-order valence-corrected chi connectivity index (χ2v) is 7.27. The highest BCUT2D eigenvalue weighted by Gasteiger charge is 2.51. The van der Waals surface area contributed by atoms with Crippen LogP contribution in [0.1, 0.15) is 23.5 Å². The van der Waals surface area contributed by atoms with Gasteiger partial charge in [-0.05, 0) is 11.6 Å². The zero-order valence-electron chi connectivity index (χ0n) is 13.7. The van der Waals surface area contributed by atoms with Gasteiger partial charge in [-0.1, -0.05) is 48.5 Å². The lowest BCUT2D eigenvalue weighted by molar-refractivity contribution is -0.149. The molecule has 1 N–H and O–H groups in total. The Hall–Kier alpha value is -2.62. The molecule has 2 heterocycles. The monoisotopic (exact) mass is 366 g/mol. The average molecular weight is 366 g/mol. The van der Waals surface area contributed by atoms with E-state index in [4.69, 9.17) is 0 Å². The molecule has 4 nitrogen and oxygen atoms in total. The maximum Gasteiger partial charge on any atom is 0.231 e. The summed E-state index contributed by atoms with van der Waals surface area (Å²) in [5.74, 6) is -1.16. The first-order valence-electron chi connectivity index (χ1n) is 8.18. The topological polar surface area (TPSA) is 64.3 Å². The predicted octanol–water partition coefficient (Wildman–Crippen LogP) is 3.47. The van der Waals surface area contributed by atoms with Gasteiger partial charge in [0, 0.05) is 17.9 Å². The minimum Gasteiger partial charge on any atom is -0.366 e. The van der Waals surface area contributed by atoms with Crippen LogP contribution in [0, 0.1) is 17.1 Å². The van der Waals surface area contributed by atoms with Crippen molar-refractivity contribution in [1.29, 1.82) is 5.26 Å². The number of hydrogen-bond acceptors (Lipinski definition) is 4. The molecule has 0 saturated carbocycles. The lowest BCUT2D eigenvalue weighted by Crippen LogP contribution is -2.48. The summed E-state index contributed by atoms with van der Waals surface area (Å²) in [6.45, 7) is 0. The molecule has 2 aliphatic heterocycles. The molecule has 2 aromatic rings. The van der Waals surface area contributed by atoms with Crippen LogP contribution in [-0.4, -0.2) is 21.7 Å². The number of allylic oxidation sites excluding steroid dienone is 1. The van der Waals surface area contributed by atoms with E-state index in [1.807, 2.05) is 6.07 Å². The molecule has 0 bridgehead atoms. The Morgan fingerprint density at radius 2 is 1.88 bits per heavy atom. The highest BCUT2D eigenvalue weighted by molar-refractivity contribution is 8.03. The van der Waals surface area contributed by atoms with Crippen LogP contribution >= 0.6 is 11.8 Å². The summed E-state index contributed by atoms with van der Waals surface area (Å²) in [5, 5.41) is 21.4. The number of aliphatic hydroxyl groups is 1. The molecule has 6 heteroatoms. The van der Waals surface area contributed by atoms with Crippen molar-refractivity contribution in [2.24, 2.45) is 0 Å². The van der Waals surface area contributed by atoms with Gasteiger partial charge in [0.15, 0.2) is 5.72 Å². The van der Waals surface area contributed by atoms with Crippen LogP contribution in [-0.2, 0) is 10.5 Å². The molecule has 0 radical (unpaired) electrons. The summed E-state index contributed by atoms with van der Waals surface area (Å²) >= 11 is 1.26. The third-order valence-corrected chi connectivity index (χ3v) is 6.05. The molecule has 2 atom stereocenters. The van der Waals surface area contributed by atoms with E-state index in [0.29, 0.717) is 21.7 Å². The van der Waals surface area contributed by atoms with E-state index in [2.05, 4.69) is 6.07 Å². The van der Waals surface area contributed by atoms with Gasteiger partial charge in [-0.15, -0.1) is 11.8 Å². The number of nitriles is 1. The van der Waals surface area contributed by atoms with Crippen molar-refractivity contribution in [3.63, 3.8) is 0 Å². The van der Waals surface area contributed by atoms with Gasteiger partial charge in [0.25, 0.3) is 0 Å². The molecular weight excluding hydrogens is 351 g/mol. The summed E-state index contributed by atoms with van der Waals surface area (Å²) in [6, 6.07) is 17.3. The van der Waals surface area contributed by atoms with Crippen molar-refractivity contribution in [2.75, 3.05) is 5.75 Å². The number of rotatable bonds is 2. The molecule has 26 heavy (non-hydrogen) atoms. The Balaban J connectivity index is 1.84. The summed E-state index contributed by atoms with van der Waals surface area (Å²) < 4.78 is 14.3. The fourth-order valence-corrected chi connectivity index (χ4v) is 4.93. The molecule has 0 spiro atoms. The van der Waals surface area contributed by atoms with Gasteiger partial charge in [-0.2, -0.15) is 5.26 Å². The number of nitrogens with zero attached hydrogens (tertiary/aromatic N) is 2. The summed E-state index contributed by atoms with van der Waals surface area (Å²) in [7, 11) is 0. The SMILES string of the molecule is N#CC1=C2SC[C@@](O)(c3ccccc3)N2C(=O)C[C@H]1c1ccccc1F. The molecule has 4 rings (SSSR count). The second-order valence-electron chi connectivity index (χ2n) is 6.31. The van der Waals surface area contributed by atoms with Crippen molar-refractivity contribution in [3.8, 4) is 6.07 Å². The largest absolute Gasteiger partial charge is 0.366 e. The quantitative estimate of drug-likeness (QED) is 0.884. The molecule has 1 amide bonds. The zero-order valence-corrected chi connectivity index (χ0v) is 14.5. The fourth-order valence-electron chi connectivity index (χ4n) is 3.57. The highest BCUT2D eigenvalue weighted by atomic mass is 32.2. The van der Waals surface area contributed by atoms with Crippen molar-refractivity contribution in [1.82, 2.24) is 4.90 Å². The molecule has 1 fully saturated rings. The van der Waals surface area contributed by atoms with Gasteiger partial charge in [-0.3, -0.25) is 9.69 Å². The molecule has 0 aromatic heterocycles. The fraction of sp³-hybridized carbons (Fsp3) is 0.200. The summed E-state index contributed by atoms with van der Waals surface area (Å²) in [5.41, 5.74) is -0.245. The standard InChI is InChI=1S/C20H15FN2O2S/c21-17-9-5-4-8-14(17)15-10-18(24)23-19(16(15)11-22)26-12-20(23,25)13-6-2-1-3-7-13/h1-9,15,25H,10,12H2/t15-,20+/m0/s1. The third kappa shape index (κ3) is 2.44. The number of carbonyl (C=O) groups is 1. The summed E-state index contributed by atoms with van der Waals surface area (Å²) in [6.07, 6.45) is -0.0525. The van der Waals surface area contributed by atoms with Crippen LogP contribution in [0.4, 0.5) is 4.39 Å². The van der Waals surface area contributed by atoms with Gasteiger partial charge in [-0.25, -0.2) is 4.39 Å². The first kappa shape index (κ1) is 16.8. The molecular formula is C20H15FN2O2S. The van der Waals surface area contributed by atoms with Crippen LogP contribution in [0.15, 0.2) is 65.2 Å². The Kier molecular flexibility index (Phi) is 4.06. The van der Waals surface area contributed by atoms with Gasteiger partial charge >= 0.3 is 0 Å². The lowest BCUT2D eigenvalue weighted by Gasteiger charge is -2.38. The van der Waals surface area contributed by atoms with Crippen LogP contribution < -0.4 is 0 Å². The van der Waals surface area contributed by atoms with E-state index >= 15 is 0 Å². The number of fused-ring (bicyclic) bond motifs is 1. The summed E-state index contributed by atoms with van der Waals surface area (Å²) in [4.78, 5) is 14.2. The highest BCUT2D eigenvalue weighted by Crippen LogP contribution is 2.51. The van der Waals surface area contributed by atoms with E-state index in [0.717, 1.165) is 0 Å². The Bertz CT molecular complexity index is 954. The first-order chi connectivity index (χ1) is 12.6. The molecule has 130 valence electrons. The molecule has 2 aromatic carbocycles. The van der Waals surface area contributed by atoms with Gasteiger partial charge < -0.3 is 5.11 Å². The minimum absolute atomic E-state index is 0.0525. The number of hydrogen-bond donors (Lipinski definition) is 1. The Morgan fingerprint density at radius 1 is 1.19 bits per heavy atom. The van der Waals surface area contributed by atoms with Crippen molar-refractivity contribution < 1.29 is 14.3 Å². The lowest BCUT2D eigenvalue weighted by atomic mass is 9.85. The van der Waals surface area contributed by atoms with E-state index in [-0.39, 0.29) is 18.1 Å². The van der Waals surface area contributed by atoms with Crippen molar-refractivity contribution in [3.05, 3.63) is 82.1 Å². The third-order valence-electron chi connectivity index (χ3n) is 4.83. The maximum absolute atomic E-state index is 14.3. The predicted molar refractivity (Wildman–Crippen MR) is 96.0 cm³/mol. The van der Waals surface area contributed by atoms with Gasteiger partial charge in [0.05, 0.1) is 22.4 Å². The molecule has 0 unspecified atom stereocenters. The molecule has 2 aliphatic rings. The average Bonchev–Trinajstić information content (AvgIpc) is 3.02. The van der Waals surface area contributed by atoms with Crippen LogP contribution in [0.5, 0.6) is 0 Å². The van der Waals surface area contributed by atoms with Gasteiger partial charge in [0.1, 0.15) is 5.82 Å².